The van der Waals surface area contributed by atoms with Crippen LogP contribution in [-0.2, 0) is 13.0 Å². The number of fused-ring (bicyclic) bond motifs is 1. The van der Waals surface area contributed by atoms with Crippen molar-refractivity contribution in [3.63, 3.8) is 0 Å². The number of benzene rings is 3. The molecule has 4 amide bonds. The predicted octanol–water partition coefficient (Wildman–Crippen LogP) is 5.68. The quantitative estimate of drug-likeness (QED) is 0.186. The molecule has 10 heteroatoms. The molecule has 0 spiro atoms. The number of hydrogen-bond donors (Lipinski definition) is 3. The number of amides is 4. The standard InChI is InChI=1S/C32H34N4O6/c1-21(2)17-18-36(32(40)41)31(39)35-26(16-15-22-9-4-3-5-10-22)28(37)30-34-27(20-42-30)29(38)33-19-24-13-8-12-23-11-6-7-14-25(23)24/h3-14,20-21,26H,15-19H2,1-2H3,(H,33,38)(H,35,39)(H,40,41). The fraction of sp³-hybridized carbons (Fsp3) is 0.281. The Morgan fingerprint density at radius 1 is 0.929 bits per heavy atom. The van der Waals surface area contributed by atoms with Gasteiger partial charge < -0.3 is 20.2 Å². The Kier molecular flexibility index (Phi) is 10.0. The minimum absolute atomic E-state index is 0.0154. The van der Waals surface area contributed by atoms with E-state index in [9.17, 15) is 24.3 Å². The molecule has 0 aliphatic heterocycles. The molecule has 1 unspecified atom stereocenters. The van der Waals surface area contributed by atoms with Crippen molar-refractivity contribution >= 4 is 34.6 Å². The van der Waals surface area contributed by atoms with Gasteiger partial charge in [-0.2, -0.15) is 0 Å². The van der Waals surface area contributed by atoms with Gasteiger partial charge in [-0.3, -0.25) is 9.59 Å². The number of urea groups is 1. The SMILES string of the molecule is CC(C)CCN(C(=O)O)C(=O)NC(CCc1ccccc1)C(=O)c1nc(C(=O)NCc2cccc3ccccc23)co1. The molecule has 0 fully saturated rings. The van der Waals surface area contributed by atoms with Gasteiger partial charge in [0.1, 0.15) is 6.26 Å². The van der Waals surface area contributed by atoms with Crippen molar-refractivity contribution in [2.45, 2.75) is 45.7 Å². The number of imide groups is 1. The largest absolute Gasteiger partial charge is 0.465 e. The van der Waals surface area contributed by atoms with Crippen LogP contribution in [0.15, 0.2) is 83.5 Å². The van der Waals surface area contributed by atoms with Crippen LogP contribution < -0.4 is 10.6 Å². The number of carboxylic acid groups (broad SMARTS) is 1. The van der Waals surface area contributed by atoms with Gasteiger partial charge in [0.25, 0.3) is 11.8 Å². The zero-order valence-corrected chi connectivity index (χ0v) is 23.6. The smallest absolute Gasteiger partial charge is 0.415 e. The first-order chi connectivity index (χ1) is 20.2. The summed E-state index contributed by atoms with van der Waals surface area (Å²) in [4.78, 5) is 55.8. The van der Waals surface area contributed by atoms with Crippen LogP contribution in [0.3, 0.4) is 0 Å². The number of nitrogens with zero attached hydrogens (tertiary/aromatic N) is 2. The third kappa shape index (κ3) is 7.81. The van der Waals surface area contributed by atoms with Gasteiger partial charge in [0.2, 0.25) is 5.78 Å². The molecule has 0 saturated heterocycles. The summed E-state index contributed by atoms with van der Waals surface area (Å²) in [5.41, 5.74) is 1.77. The van der Waals surface area contributed by atoms with Crippen molar-refractivity contribution < 1.29 is 28.7 Å². The molecule has 0 radical (unpaired) electrons. The summed E-state index contributed by atoms with van der Waals surface area (Å²) in [6.07, 6.45) is 0.740. The number of aromatic nitrogens is 1. The lowest BCUT2D eigenvalue weighted by Gasteiger charge is -2.22. The number of oxazole rings is 1. The normalized spacial score (nSPS) is 11.7. The van der Waals surface area contributed by atoms with E-state index in [1.54, 1.807) is 0 Å². The number of carbonyl (C=O) groups is 4. The van der Waals surface area contributed by atoms with E-state index in [1.165, 1.54) is 0 Å². The van der Waals surface area contributed by atoms with Gasteiger partial charge in [-0.25, -0.2) is 19.5 Å². The third-order valence-corrected chi connectivity index (χ3v) is 6.85. The van der Waals surface area contributed by atoms with Gasteiger partial charge in [0, 0.05) is 13.1 Å². The Hall–Kier alpha value is -4.99. The summed E-state index contributed by atoms with van der Waals surface area (Å²) in [6, 6.07) is 21.0. The Labute approximate surface area is 243 Å². The first-order valence-electron chi connectivity index (χ1n) is 13.8. The molecule has 3 aromatic carbocycles. The van der Waals surface area contributed by atoms with Crippen molar-refractivity contribution in [3.8, 4) is 0 Å². The van der Waals surface area contributed by atoms with Gasteiger partial charge in [-0.1, -0.05) is 86.6 Å². The second-order valence-corrected chi connectivity index (χ2v) is 10.4. The highest BCUT2D eigenvalue weighted by atomic mass is 16.4. The molecule has 1 aromatic heterocycles. The van der Waals surface area contributed by atoms with Crippen molar-refractivity contribution in [3.05, 3.63) is 102 Å². The Balaban J connectivity index is 1.47. The molecule has 1 atom stereocenters. The second kappa shape index (κ2) is 14.1. The van der Waals surface area contributed by atoms with Gasteiger partial charge >= 0.3 is 12.1 Å². The molecule has 3 N–H and O–H groups in total. The monoisotopic (exact) mass is 570 g/mol. The maximum Gasteiger partial charge on any atom is 0.415 e. The van der Waals surface area contributed by atoms with Crippen LogP contribution >= 0.6 is 0 Å². The van der Waals surface area contributed by atoms with E-state index >= 15 is 0 Å². The molecule has 0 saturated carbocycles. The Morgan fingerprint density at radius 2 is 1.64 bits per heavy atom. The molecular weight excluding hydrogens is 536 g/mol. The first kappa shape index (κ1) is 30.0. The molecular formula is C32H34N4O6. The van der Waals surface area contributed by atoms with Crippen LogP contribution in [-0.4, -0.2) is 51.4 Å². The zero-order chi connectivity index (χ0) is 30.1. The van der Waals surface area contributed by atoms with E-state index < -0.39 is 29.9 Å². The molecule has 4 rings (SSSR count). The van der Waals surface area contributed by atoms with Crippen molar-refractivity contribution in [2.24, 2.45) is 5.92 Å². The van der Waals surface area contributed by atoms with Gasteiger partial charge in [-0.05, 0) is 47.1 Å². The molecule has 0 bridgehead atoms. The zero-order valence-electron chi connectivity index (χ0n) is 23.6. The van der Waals surface area contributed by atoms with Gasteiger partial charge in [0.05, 0.1) is 6.04 Å². The summed E-state index contributed by atoms with van der Waals surface area (Å²) in [5.74, 6) is -1.37. The number of hydrogen-bond acceptors (Lipinski definition) is 6. The van der Waals surface area contributed by atoms with Gasteiger partial charge in [-0.15, -0.1) is 0 Å². The van der Waals surface area contributed by atoms with E-state index in [-0.39, 0.29) is 37.0 Å². The molecule has 4 aromatic rings. The first-order valence-corrected chi connectivity index (χ1v) is 13.8. The molecule has 42 heavy (non-hydrogen) atoms. The second-order valence-electron chi connectivity index (χ2n) is 10.4. The van der Waals surface area contributed by atoms with Crippen LogP contribution in [0.1, 0.15) is 59.0 Å². The fourth-order valence-electron chi connectivity index (χ4n) is 4.48. The van der Waals surface area contributed by atoms with Gasteiger partial charge in [0.15, 0.2) is 5.69 Å². The highest BCUT2D eigenvalue weighted by molar-refractivity contribution is 6.01. The predicted molar refractivity (Wildman–Crippen MR) is 157 cm³/mol. The highest BCUT2D eigenvalue weighted by Crippen LogP contribution is 2.19. The lowest BCUT2D eigenvalue weighted by Crippen LogP contribution is -2.50. The lowest BCUT2D eigenvalue weighted by molar-refractivity contribution is 0.0897. The van der Waals surface area contributed by atoms with Crippen LogP contribution in [0.25, 0.3) is 10.8 Å². The molecule has 0 aliphatic carbocycles. The number of aryl methyl sites for hydroxylation is 1. The van der Waals surface area contributed by atoms with Crippen LogP contribution in [0.4, 0.5) is 9.59 Å². The van der Waals surface area contributed by atoms with E-state index in [1.807, 2.05) is 86.6 Å². The number of rotatable bonds is 12. The Morgan fingerprint density at radius 3 is 2.38 bits per heavy atom. The molecule has 0 aliphatic rings. The molecule has 10 nitrogen and oxygen atoms in total. The fourth-order valence-corrected chi connectivity index (χ4v) is 4.48. The van der Waals surface area contributed by atoms with Crippen LogP contribution in [0.5, 0.6) is 0 Å². The summed E-state index contributed by atoms with van der Waals surface area (Å²) in [5, 5.41) is 17.0. The summed E-state index contributed by atoms with van der Waals surface area (Å²) in [7, 11) is 0. The van der Waals surface area contributed by atoms with E-state index in [0.29, 0.717) is 17.7 Å². The minimum Gasteiger partial charge on any atom is -0.465 e. The number of ketones is 1. The maximum absolute atomic E-state index is 13.5. The van der Waals surface area contributed by atoms with E-state index in [0.717, 1.165) is 28.2 Å². The average molecular weight is 571 g/mol. The maximum atomic E-state index is 13.5. The topological polar surface area (TPSA) is 142 Å². The van der Waals surface area contributed by atoms with Crippen molar-refractivity contribution in [1.29, 1.82) is 0 Å². The summed E-state index contributed by atoms with van der Waals surface area (Å²) >= 11 is 0. The molecule has 218 valence electrons. The van der Waals surface area contributed by atoms with E-state index in [2.05, 4.69) is 15.6 Å². The highest BCUT2D eigenvalue weighted by Gasteiger charge is 2.30. The lowest BCUT2D eigenvalue weighted by atomic mass is 10.0. The summed E-state index contributed by atoms with van der Waals surface area (Å²) < 4.78 is 5.37. The summed E-state index contributed by atoms with van der Waals surface area (Å²) in [6.45, 7) is 4.07. The molecule has 1 heterocycles. The van der Waals surface area contributed by atoms with Crippen molar-refractivity contribution in [1.82, 2.24) is 20.5 Å². The average Bonchev–Trinajstić information content (AvgIpc) is 3.48. The third-order valence-electron chi connectivity index (χ3n) is 6.85. The number of Topliss-reactive ketones (excluding diaryl/α,β-unsaturated/α-hetero) is 1. The van der Waals surface area contributed by atoms with Crippen LogP contribution in [0.2, 0.25) is 0 Å². The number of carbonyl (C=O) groups excluding carboxylic acids is 3. The van der Waals surface area contributed by atoms with Crippen LogP contribution in [0, 0.1) is 5.92 Å². The van der Waals surface area contributed by atoms with E-state index in [4.69, 9.17) is 4.42 Å². The number of nitrogens with one attached hydrogen (secondary N) is 2. The minimum atomic E-state index is -1.41. The van der Waals surface area contributed by atoms with Crippen molar-refractivity contribution in [2.75, 3.05) is 6.54 Å². The Bertz CT molecular complexity index is 1540.